The lowest BCUT2D eigenvalue weighted by atomic mass is 10.2. The van der Waals surface area contributed by atoms with Crippen LogP contribution in [0.25, 0.3) is 0 Å². The van der Waals surface area contributed by atoms with Crippen molar-refractivity contribution in [3.05, 3.63) is 22.9 Å². The van der Waals surface area contributed by atoms with Gasteiger partial charge in [0.15, 0.2) is 0 Å². The molecule has 0 atom stereocenters. The van der Waals surface area contributed by atoms with Crippen molar-refractivity contribution in [3.8, 4) is 0 Å². The van der Waals surface area contributed by atoms with Gasteiger partial charge in [0.2, 0.25) is 8.32 Å². The molecule has 0 saturated carbocycles. The molecule has 0 fully saturated rings. The number of hydrogen-bond acceptors (Lipinski definition) is 2. The molecule has 2 nitrogen and oxygen atoms in total. The van der Waals surface area contributed by atoms with E-state index in [9.17, 15) is 0 Å². The summed E-state index contributed by atoms with van der Waals surface area (Å²) in [6.45, 7) is 45.5. The van der Waals surface area contributed by atoms with E-state index in [0.29, 0.717) is 0 Å². The van der Waals surface area contributed by atoms with Crippen LogP contribution in [0.2, 0.25) is 118 Å². The average molecular weight is 633 g/mol. The largest absolute Gasteiger partial charge is 0.550 e. The molecule has 0 saturated heterocycles. The minimum absolute atomic E-state index is 1.15. The van der Waals surface area contributed by atoms with Crippen molar-refractivity contribution >= 4 is 60.3 Å². The third kappa shape index (κ3) is 6.75. The maximum atomic E-state index is 8.27. The Morgan fingerprint density at radius 3 is 1.25 bits per heavy atom. The molecule has 36 heavy (non-hydrogen) atoms. The molecular weight excluding hydrogens is 569 g/mol. The van der Waals surface area contributed by atoms with E-state index in [0.717, 1.165) is 6.42 Å². The second-order valence-electron chi connectivity index (χ2n) is 17.4. The van der Waals surface area contributed by atoms with Gasteiger partial charge in [-0.05, 0) is 51.4 Å². The molecule has 10 heteroatoms. The first-order chi connectivity index (χ1) is 15.7. The van der Waals surface area contributed by atoms with E-state index in [1.54, 1.807) is 5.38 Å². The van der Waals surface area contributed by atoms with Crippen molar-refractivity contribution in [2.45, 2.75) is 144 Å². The molecule has 0 spiro atoms. The van der Waals surface area contributed by atoms with Crippen molar-refractivity contribution in [1.29, 1.82) is 0 Å². The van der Waals surface area contributed by atoms with Crippen molar-refractivity contribution in [1.82, 2.24) is 0 Å². The van der Waals surface area contributed by atoms with Gasteiger partial charge in [-0.3, -0.25) is 0 Å². The maximum absolute atomic E-state index is 8.27. The zero-order chi connectivity index (χ0) is 28.8. The van der Waals surface area contributed by atoms with Crippen LogP contribution in [0.15, 0.2) is 22.9 Å². The van der Waals surface area contributed by atoms with Crippen LogP contribution in [-0.2, 0) is 8.85 Å². The Kier molecular flexibility index (Phi) is 10.6. The molecule has 0 unspecified atom stereocenters. The van der Waals surface area contributed by atoms with Gasteiger partial charge in [0, 0.05) is 28.2 Å². The second-order valence-corrected chi connectivity index (χ2v) is 87.9. The Balaban J connectivity index is 4.32. The van der Waals surface area contributed by atoms with Crippen LogP contribution in [0.4, 0.5) is 0 Å². The highest BCUT2D eigenvalue weighted by molar-refractivity contribution is 7.91. The molecule has 0 aromatic rings. The van der Waals surface area contributed by atoms with Crippen LogP contribution in [0.1, 0.15) is 25.7 Å². The molecule has 0 amide bonds. The Labute approximate surface area is 234 Å². The summed E-state index contributed by atoms with van der Waals surface area (Å²) in [7, 11) is -12.3. The lowest BCUT2D eigenvalue weighted by Gasteiger charge is -2.61. The number of rotatable bonds is 8. The van der Waals surface area contributed by atoms with E-state index >= 15 is 0 Å². The fraction of sp³-hybridized carbons (Fsp3) is 0.846. The van der Waals surface area contributed by atoms with Gasteiger partial charge in [0.1, 0.15) is 6.63 Å². The zero-order valence-electron chi connectivity index (χ0n) is 27.8. The highest BCUT2D eigenvalue weighted by atomic mass is 29.9. The molecule has 1 aliphatic heterocycles. The Morgan fingerprint density at radius 1 is 0.583 bits per heavy atom. The summed E-state index contributed by atoms with van der Waals surface area (Å²) >= 11 is 0. The first-order valence-electron chi connectivity index (χ1n) is 14.5. The van der Waals surface area contributed by atoms with Crippen LogP contribution in [0.3, 0.4) is 0 Å². The SMILES string of the molecule is C[Si](C)(C)O/C1=C/CCCC/C=C(\[Si]([Si](C)(C)C)([Si](C)(C)C)[Si](C)(C)C)O[Si]1([Si](C)(C)C)[Si](C)(C)C. The summed E-state index contributed by atoms with van der Waals surface area (Å²) in [6.07, 6.45) is 10.2. The summed E-state index contributed by atoms with van der Waals surface area (Å²) in [4.78, 5) is 0. The van der Waals surface area contributed by atoms with E-state index in [1.165, 1.54) is 24.6 Å². The average Bonchev–Trinajstić information content (AvgIpc) is 2.54. The van der Waals surface area contributed by atoms with Gasteiger partial charge in [0.05, 0.1) is 20.6 Å². The molecule has 0 bridgehead atoms. The minimum atomic E-state index is -2.39. The molecule has 0 radical (unpaired) electrons. The molecule has 1 aliphatic rings. The van der Waals surface area contributed by atoms with Crippen molar-refractivity contribution in [2.75, 3.05) is 0 Å². The summed E-state index contributed by atoms with van der Waals surface area (Å²) in [5.41, 5.74) is 0. The first kappa shape index (κ1) is 34.8. The Bertz CT molecular complexity index is 773. The summed E-state index contributed by atoms with van der Waals surface area (Å²) < 4.78 is 15.5. The second kappa shape index (κ2) is 11.0. The third-order valence-electron chi connectivity index (χ3n) is 8.20. The predicted octanol–water partition coefficient (Wildman–Crippen LogP) is 9.75. The zero-order valence-corrected chi connectivity index (χ0v) is 35.8. The monoisotopic (exact) mass is 632 g/mol. The van der Waals surface area contributed by atoms with Crippen LogP contribution >= 0.6 is 0 Å². The standard InChI is InChI=1S/C26H64O2Si8/c1-29(2,3)27-25-23-21-19-20-22-24-26(28-35(25,30(4,5)6)31(7,8)9)36(32(10,11)12,33(13,14)15)34(16,17)18/h23-24H,19-22H2,1-18H3/b25-23-,26-24-. The van der Waals surface area contributed by atoms with Crippen molar-refractivity contribution < 1.29 is 8.85 Å². The minimum Gasteiger partial charge on any atom is -0.550 e. The quantitative estimate of drug-likeness (QED) is 0.248. The number of allylic oxidation sites excluding steroid dienone is 2. The van der Waals surface area contributed by atoms with E-state index in [1.807, 2.05) is 0 Å². The van der Waals surface area contributed by atoms with E-state index in [2.05, 4.69) is 130 Å². The molecular formula is C26H64O2Si8. The topological polar surface area (TPSA) is 18.5 Å². The predicted molar refractivity (Wildman–Crippen MR) is 188 cm³/mol. The highest BCUT2D eigenvalue weighted by Gasteiger charge is 2.69. The molecule has 0 N–H and O–H groups in total. The van der Waals surface area contributed by atoms with Crippen LogP contribution in [0, 0.1) is 0 Å². The number of hydrogen-bond donors (Lipinski definition) is 0. The van der Waals surface area contributed by atoms with Gasteiger partial charge in [-0.25, -0.2) is 0 Å². The summed E-state index contributed by atoms with van der Waals surface area (Å²) in [6, 6.07) is 0. The van der Waals surface area contributed by atoms with Crippen LogP contribution in [0.5, 0.6) is 0 Å². The Morgan fingerprint density at radius 2 is 0.944 bits per heavy atom. The van der Waals surface area contributed by atoms with Gasteiger partial charge >= 0.3 is 0 Å². The normalized spacial score (nSPS) is 22.6. The first-order valence-corrected chi connectivity index (χ1v) is 44.3. The van der Waals surface area contributed by atoms with Gasteiger partial charge < -0.3 is 8.85 Å². The van der Waals surface area contributed by atoms with Gasteiger partial charge in [-0.1, -0.05) is 104 Å². The van der Waals surface area contributed by atoms with Crippen LogP contribution in [-0.4, -0.2) is 60.3 Å². The van der Waals surface area contributed by atoms with Gasteiger partial charge in [-0.2, -0.15) is 0 Å². The molecule has 212 valence electrons. The van der Waals surface area contributed by atoms with Gasteiger partial charge in [-0.15, -0.1) is 0 Å². The summed E-state index contributed by atoms with van der Waals surface area (Å²) in [5, 5.41) is 3.00. The van der Waals surface area contributed by atoms with E-state index < -0.39 is 60.3 Å². The lowest BCUT2D eigenvalue weighted by Crippen LogP contribution is -2.86. The lowest BCUT2D eigenvalue weighted by molar-refractivity contribution is 0.401. The van der Waals surface area contributed by atoms with E-state index in [4.69, 9.17) is 8.85 Å². The smallest absolute Gasteiger partial charge is 0.281 e. The maximum Gasteiger partial charge on any atom is 0.281 e. The molecule has 1 heterocycles. The van der Waals surface area contributed by atoms with Gasteiger partial charge in [0.25, 0.3) is 7.35 Å². The van der Waals surface area contributed by atoms with E-state index in [-0.39, 0.29) is 0 Å². The fourth-order valence-electron chi connectivity index (χ4n) is 8.48. The summed E-state index contributed by atoms with van der Waals surface area (Å²) in [5.74, 6) is 0. The fourth-order valence-corrected chi connectivity index (χ4v) is 153. The van der Waals surface area contributed by atoms with Crippen molar-refractivity contribution in [2.24, 2.45) is 0 Å². The third-order valence-corrected chi connectivity index (χ3v) is 114. The Hall–Kier alpha value is 0.815. The molecule has 0 aromatic heterocycles. The van der Waals surface area contributed by atoms with Crippen LogP contribution < -0.4 is 0 Å². The molecule has 0 aliphatic carbocycles. The molecule has 1 rings (SSSR count). The van der Waals surface area contributed by atoms with Crippen molar-refractivity contribution in [3.63, 3.8) is 0 Å². The molecule has 0 aromatic carbocycles. The highest BCUT2D eigenvalue weighted by Crippen LogP contribution is 2.48.